The number of halogens is 3. The minimum Gasteiger partial charge on any atom is -0.380 e. The lowest BCUT2D eigenvalue weighted by molar-refractivity contribution is -0.137. The van der Waals surface area contributed by atoms with Crippen LogP contribution in [0.5, 0.6) is 0 Å². The second kappa shape index (κ2) is 8.92. The van der Waals surface area contributed by atoms with Crippen molar-refractivity contribution in [3.05, 3.63) is 65.6 Å². The molecule has 4 rings (SSSR count). The molecule has 2 amide bonds. The maximum absolute atomic E-state index is 12.8. The molecule has 0 radical (unpaired) electrons. The number of pyridine rings is 1. The van der Waals surface area contributed by atoms with Gasteiger partial charge in [-0.2, -0.15) is 13.2 Å². The second-order valence-electron chi connectivity index (χ2n) is 7.15. The lowest BCUT2D eigenvalue weighted by atomic mass is 10.00. The summed E-state index contributed by atoms with van der Waals surface area (Å²) in [5, 5.41) is 4.87. The summed E-state index contributed by atoms with van der Waals surface area (Å²) in [4.78, 5) is 20.2. The Kier molecular flexibility index (Phi) is 6.03. The van der Waals surface area contributed by atoms with E-state index in [2.05, 4.69) is 26.0 Å². The van der Waals surface area contributed by atoms with Gasteiger partial charge in [0.05, 0.1) is 17.9 Å². The Morgan fingerprint density at radius 3 is 2.70 bits per heavy atom. The highest BCUT2D eigenvalue weighted by atomic mass is 19.4. The van der Waals surface area contributed by atoms with Crippen LogP contribution in [0.3, 0.4) is 0 Å². The van der Waals surface area contributed by atoms with Crippen LogP contribution >= 0.6 is 0 Å². The number of carbonyl (C=O) groups is 1. The molecule has 172 valence electrons. The fraction of sp³-hybridized carbons (Fsp3) is 0.190. The molecule has 0 fully saturated rings. The van der Waals surface area contributed by atoms with E-state index in [9.17, 15) is 18.0 Å². The molecule has 33 heavy (non-hydrogen) atoms. The fourth-order valence-corrected chi connectivity index (χ4v) is 3.49. The third-order valence-electron chi connectivity index (χ3n) is 4.89. The van der Waals surface area contributed by atoms with Crippen molar-refractivity contribution in [1.29, 1.82) is 0 Å². The van der Waals surface area contributed by atoms with E-state index in [0.717, 1.165) is 40.7 Å². The zero-order chi connectivity index (χ0) is 23.6. The number of nitrogens with one attached hydrogen (secondary N) is 3. The van der Waals surface area contributed by atoms with Crippen LogP contribution in [0.2, 0.25) is 0 Å². The number of hydrogen-bond donors (Lipinski definition) is 4. The molecule has 3 heterocycles. The van der Waals surface area contributed by atoms with Crippen molar-refractivity contribution in [2.75, 3.05) is 23.2 Å². The van der Waals surface area contributed by atoms with E-state index in [1.54, 1.807) is 36.1 Å². The first-order valence-corrected chi connectivity index (χ1v) is 9.75. The third kappa shape index (κ3) is 4.81. The van der Waals surface area contributed by atoms with Crippen LogP contribution < -0.4 is 21.8 Å². The van der Waals surface area contributed by atoms with E-state index in [1.807, 2.05) is 6.20 Å². The minimum atomic E-state index is -4.53. The second-order valence-corrected chi connectivity index (χ2v) is 7.15. The molecular weight excluding hydrogens is 439 g/mol. The van der Waals surface area contributed by atoms with Gasteiger partial charge in [0.25, 0.3) is 0 Å². The van der Waals surface area contributed by atoms with Gasteiger partial charge in [-0.3, -0.25) is 15.4 Å². The fourth-order valence-electron chi connectivity index (χ4n) is 3.49. The van der Waals surface area contributed by atoms with Gasteiger partial charge in [-0.25, -0.2) is 14.8 Å². The van der Waals surface area contributed by atoms with Crippen molar-refractivity contribution >= 4 is 23.9 Å². The largest absolute Gasteiger partial charge is 0.416 e. The highest BCUT2D eigenvalue weighted by Crippen LogP contribution is 2.35. The average Bonchev–Trinajstić information content (AvgIpc) is 3.13. The normalized spacial score (nSPS) is 15.0. The average molecular weight is 459 g/mol. The first-order valence-electron chi connectivity index (χ1n) is 9.75. The molecule has 0 spiro atoms. The molecule has 0 aliphatic carbocycles. The Bertz CT molecular complexity index is 1190. The van der Waals surface area contributed by atoms with Crippen molar-refractivity contribution in [2.45, 2.75) is 18.9 Å². The van der Waals surface area contributed by atoms with Gasteiger partial charge in [0, 0.05) is 36.3 Å². The number of alkyl halides is 3. The molecule has 1 aliphatic heterocycles. The summed E-state index contributed by atoms with van der Waals surface area (Å²) >= 11 is 0. The zero-order valence-corrected chi connectivity index (χ0v) is 17.3. The molecule has 5 N–H and O–H groups in total. The van der Waals surface area contributed by atoms with Crippen LogP contribution in [-0.2, 0) is 17.5 Å². The number of rotatable bonds is 5. The van der Waals surface area contributed by atoms with E-state index in [4.69, 9.17) is 10.5 Å². The van der Waals surface area contributed by atoms with Crippen LogP contribution in [0, 0.1) is 0 Å². The third-order valence-corrected chi connectivity index (χ3v) is 4.89. The van der Waals surface area contributed by atoms with Crippen molar-refractivity contribution in [2.24, 2.45) is 10.7 Å². The Labute approximate surface area is 186 Å². The van der Waals surface area contributed by atoms with Gasteiger partial charge in [-0.1, -0.05) is 12.1 Å². The summed E-state index contributed by atoms with van der Waals surface area (Å²) in [5.41, 5.74) is 12.0. The van der Waals surface area contributed by atoms with E-state index in [-0.39, 0.29) is 5.82 Å². The summed E-state index contributed by atoms with van der Waals surface area (Å²) < 4.78 is 45.6. The van der Waals surface area contributed by atoms with Crippen molar-refractivity contribution in [3.8, 4) is 11.1 Å². The van der Waals surface area contributed by atoms with E-state index < -0.39 is 23.9 Å². The monoisotopic (exact) mass is 459 g/mol. The number of benzene rings is 1. The smallest absolute Gasteiger partial charge is 0.380 e. The molecule has 12 heteroatoms. The van der Waals surface area contributed by atoms with Crippen molar-refractivity contribution in [1.82, 2.24) is 9.66 Å². The molecule has 1 aromatic carbocycles. The van der Waals surface area contributed by atoms with Crippen LogP contribution in [0.15, 0.2) is 53.8 Å². The number of aliphatic imine (C=N–C) groups is 1. The zero-order valence-electron chi connectivity index (χ0n) is 17.3. The van der Waals surface area contributed by atoms with E-state index in [0.29, 0.717) is 12.3 Å². The maximum atomic E-state index is 12.8. The summed E-state index contributed by atoms with van der Waals surface area (Å²) in [6, 6.07) is 7.77. The summed E-state index contributed by atoms with van der Waals surface area (Å²) in [7, 11) is 1.59. The number of methoxy groups -OCH3 is 1. The highest BCUT2D eigenvalue weighted by Gasteiger charge is 2.31. The standard InChI is InChI=1S/C21H20F3N7O2/c1-33-10-13-9-31-18(19(25)27-11-28-31)17(13)12-2-4-15(5-3-12)29-20(32)30-16-8-14(6-7-26-16)21(22,23)24/h2-9,11,19H,10,25H2,1H3,(H,27,28)(H2,26,29,30,32). The van der Waals surface area contributed by atoms with E-state index >= 15 is 0 Å². The van der Waals surface area contributed by atoms with Crippen molar-refractivity contribution < 1.29 is 22.7 Å². The minimum absolute atomic E-state index is 0.217. The number of anilines is 2. The SMILES string of the molecule is COCc1cn2c(c1-c1ccc(NC(=O)Nc3cc(C(F)(F)F)ccn3)cc1)C(N)N=CN2. The first-order chi connectivity index (χ1) is 15.8. The highest BCUT2D eigenvalue weighted by molar-refractivity contribution is 5.99. The van der Waals surface area contributed by atoms with Crippen LogP contribution in [0.25, 0.3) is 11.1 Å². The van der Waals surface area contributed by atoms with Crippen LogP contribution in [0.4, 0.5) is 29.5 Å². The lowest BCUT2D eigenvalue weighted by Crippen LogP contribution is -2.25. The number of amides is 2. The molecule has 1 unspecified atom stereocenters. The summed E-state index contributed by atoms with van der Waals surface area (Å²) in [5.74, 6) is -0.217. The Morgan fingerprint density at radius 2 is 2.00 bits per heavy atom. The summed E-state index contributed by atoms with van der Waals surface area (Å²) in [6.45, 7) is 0.357. The molecule has 0 saturated carbocycles. The Hall–Kier alpha value is -3.90. The number of nitrogens with two attached hydrogens (primary N) is 1. The quantitative estimate of drug-likeness (QED) is 0.462. The van der Waals surface area contributed by atoms with Gasteiger partial charge >= 0.3 is 12.2 Å². The Balaban J connectivity index is 1.51. The number of fused-ring (bicyclic) bond motifs is 1. The molecule has 3 aromatic rings. The van der Waals surface area contributed by atoms with Crippen molar-refractivity contribution in [3.63, 3.8) is 0 Å². The van der Waals surface area contributed by atoms with Gasteiger partial charge < -0.3 is 15.8 Å². The van der Waals surface area contributed by atoms with Gasteiger partial charge in [0.1, 0.15) is 18.3 Å². The van der Waals surface area contributed by atoms with Gasteiger partial charge in [-0.15, -0.1) is 0 Å². The number of aromatic nitrogens is 2. The van der Waals surface area contributed by atoms with Gasteiger partial charge in [0.2, 0.25) is 0 Å². The number of urea groups is 1. The molecule has 1 aliphatic rings. The molecule has 0 bridgehead atoms. The molecule has 9 nitrogen and oxygen atoms in total. The predicted molar refractivity (Wildman–Crippen MR) is 117 cm³/mol. The number of nitrogens with zero attached hydrogens (tertiary/aromatic N) is 3. The summed E-state index contributed by atoms with van der Waals surface area (Å²) in [6.07, 6.45) is -0.721. The number of ether oxygens (including phenoxy) is 1. The van der Waals surface area contributed by atoms with Gasteiger partial charge in [0.15, 0.2) is 0 Å². The molecular formula is C21H20F3N7O2. The topological polar surface area (TPSA) is 119 Å². The molecule has 2 aromatic heterocycles. The van der Waals surface area contributed by atoms with Crippen LogP contribution in [-0.4, -0.2) is 29.1 Å². The molecule has 0 saturated heterocycles. The Morgan fingerprint density at radius 1 is 1.24 bits per heavy atom. The van der Waals surface area contributed by atoms with Crippen LogP contribution in [0.1, 0.15) is 23.0 Å². The lowest BCUT2D eigenvalue weighted by Gasteiger charge is -2.19. The number of hydrogen-bond acceptors (Lipinski definition) is 6. The first kappa shape index (κ1) is 22.3. The van der Waals surface area contributed by atoms with Gasteiger partial charge in [-0.05, 0) is 29.8 Å². The predicted octanol–water partition coefficient (Wildman–Crippen LogP) is 3.90. The van der Waals surface area contributed by atoms with E-state index in [1.165, 1.54) is 6.34 Å². The maximum Gasteiger partial charge on any atom is 0.416 e. The molecule has 1 atom stereocenters. The number of carbonyl (C=O) groups excluding carboxylic acids is 1.